The van der Waals surface area contributed by atoms with Crippen molar-refractivity contribution in [3.8, 4) is 0 Å². The molecule has 1 aliphatic heterocycles. The van der Waals surface area contributed by atoms with Crippen molar-refractivity contribution in [2.75, 3.05) is 31.1 Å². The number of hydrogen-bond donors (Lipinski definition) is 1. The fourth-order valence-corrected chi connectivity index (χ4v) is 2.92. The molecule has 96 valence electrons. The average molecular weight is 265 g/mol. The van der Waals surface area contributed by atoms with Gasteiger partial charge in [-0.15, -0.1) is 0 Å². The molecular weight excluding hydrogens is 248 g/mol. The van der Waals surface area contributed by atoms with Gasteiger partial charge in [0.2, 0.25) is 0 Å². The Morgan fingerprint density at radius 3 is 2.67 bits per heavy atom. The molecule has 2 aromatic rings. The lowest BCUT2D eigenvalue weighted by Crippen LogP contribution is -2.43. The molecule has 4 heteroatoms. The van der Waals surface area contributed by atoms with Gasteiger partial charge in [0, 0.05) is 36.6 Å². The topological polar surface area (TPSA) is 28.4 Å². The number of nitrogens with one attached hydrogen (secondary N) is 1. The molecule has 1 aromatic carbocycles. The number of benzene rings is 1. The zero-order valence-corrected chi connectivity index (χ0v) is 11.5. The van der Waals surface area contributed by atoms with Crippen LogP contribution in [0.1, 0.15) is 11.1 Å². The van der Waals surface area contributed by atoms with Gasteiger partial charge in [0.15, 0.2) is 5.58 Å². The van der Waals surface area contributed by atoms with Crippen molar-refractivity contribution in [3.63, 3.8) is 0 Å². The van der Waals surface area contributed by atoms with Gasteiger partial charge in [-0.2, -0.15) is 0 Å². The molecule has 0 spiro atoms. The molecule has 0 radical (unpaired) electrons. The van der Waals surface area contributed by atoms with Crippen LogP contribution in [0.5, 0.6) is 0 Å². The normalized spacial score (nSPS) is 16.5. The molecule has 0 aliphatic carbocycles. The first-order chi connectivity index (χ1) is 8.70. The molecule has 0 bridgehead atoms. The summed E-state index contributed by atoms with van der Waals surface area (Å²) in [6, 6.07) is 2.00. The molecule has 0 saturated carbocycles. The SMILES string of the molecule is Cc1c(Cl)c(C)c2ccoc2c1N1CCNCC1. The van der Waals surface area contributed by atoms with E-state index in [-0.39, 0.29) is 0 Å². The van der Waals surface area contributed by atoms with Gasteiger partial charge < -0.3 is 14.6 Å². The predicted octanol–water partition coefficient (Wildman–Crippen LogP) is 3.11. The summed E-state index contributed by atoms with van der Waals surface area (Å²) in [6.07, 6.45) is 1.75. The number of piperazine rings is 1. The minimum absolute atomic E-state index is 0.859. The third-order valence-electron chi connectivity index (χ3n) is 3.73. The van der Waals surface area contributed by atoms with E-state index < -0.39 is 0 Å². The van der Waals surface area contributed by atoms with Crippen LogP contribution in [-0.4, -0.2) is 26.2 Å². The predicted molar refractivity (Wildman–Crippen MR) is 75.8 cm³/mol. The van der Waals surface area contributed by atoms with Gasteiger partial charge >= 0.3 is 0 Å². The fraction of sp³-hybridized carbons (Fsp3) is 0.429. The maximum atomic E-state index is 6.45. The van der Waals surface area contributed by atoms with Gasteiger partial charge in [-0.3, -0.25) is 0 Å². The second-order valence-electron chi connectivity index (χ2n) is 4.81. The van der Waals surface area contributed by atoms with Gasteiger partial charge in [0.25, 0.3) is 0 Å². The minimum atomic E-state index is 0.859. The van der Waals surface area contributed by atoms with E-state index in [4.69, 9.17) is 16.0 Å². The van der Waals surface area contributed by atoms with Crippen LogP contribution in [0.3, 0.4) is 0 Å². The van der Waals surface area contributed by atoms with Crippen LogP contribution >= 0.6 is 11.6 Å². The first kappa shape index (κ1) is 11.9. The summed E-state index contributed by atoms with van der Waals surface area (Å²) < 4.78 is 5.70. The number of anilines is 1. The van der Waals surface area contributed by atoms with Crippen molar-refractivity contribution >= 4 is 28.3 Å². The molecule has 0 amide bonds. The summed E-state index contributed by atoms with van der Waals surface area (Å²) in [5, 5.41) is 5.35. The number of furan rings is 1. The van der Waals surface area contributed by atoms with Gasteiger partial charge in [0.1, 0.15) is 0 Å². The summed E-state index contributed by atoms with van der Waals surface area (Å²) >= 11 is 6.45. The van der Waals surface area contributed by atoms with Crippen LogP contribution in [0.4, 0.5) is 5.69 Å². The smallest absolute Gasteiger partial charge is 0.157 e. The third kappa shape index (κ3) is 1.70. The number of halogens is 1. The van der Waals surface area contributed by atoms with Crippen molar-refractivity contribution in [2.24, 2.45) is 0 Å². The molecule has 1 fully saturated rings. The van der Waals surface area contributed by atoms with Crippen LogP contribution in [0.25, 0.3) is 11.0 Å². The van der Waals surface area contributed by atoms with Gasteiger partial charge in [-0.1, -0.05) is 11.6 Å². The van der Waals surface area contributed by atoms with E-state index in [1.165, 1.54) is 0 Å². The van der Waals surface area contributed by atoms with E-state index in [2.05, 4.69) is 24.1 Å². The van der Waals surface area contributed by atoms with Gasteiger partial charge in [0.05, 0.1) is 12.0 Å². The standard InChI is InChI=1S/C14H17ClN2O/c1-9-11-3-8-18-14(11)13(10(2)12(9)15)17-6-4-16-5-7-17/h3,8,16H,4-7H2,1-2H3. The van der Waals surface area contributed by atoms with E-state index in [0.717, 1.165) is 59.0 Å². The van der Waals surface area contributed by atoms with Crippen LogP contribution in [0, 0.1) is 13.8 Å². The second-order valence-corrected chi connectivity index (χ2v) is 5.19. The molecule has 1 aliphatic rings. The Morgan fingerprint density at radius 2 is 1.94 bits per heavy atom. The highest BCUT2D eigenvalue weighted by atomic mass is 35.5. The van der Waals surface area contributed by atoms with E-state index in [9.17, 15) is 0 Å². The molecule has 0 unspecified atom stereocenters. The molecule has 18 heavy (non-hydrogen) atoms. The van der Waals surface area contributed by atoms with Crippen LogP contribution < -0.4 is 10.2 Å². The number of nitrogens with zero attached hydrogens (tertiary/aromatic N) is 1. The molecule has 3 rings (SSSR count). The first-order valence-corrected chi connectivity index (χ1v) is 6.69. The van der Waals surface area contributed by atoms with Crippen molar-refractivity contribution in [1.82, 2.24) is 5.32 Å². The molecule has 1 saturated heterocycles. The number of hydrogen-bond acceptors (Lipinski definition) is 3. The summed E-state index contributed by atoms with van der Waals surface area (Å²) in [5.41, 5.74) is 4.36. The van der Waals surface area contributed by atoms with E-state index in [0.29, 0.717) is 0 Å². The zero-order valence-electron chi connectivity index (χ0n) is 10.7. The molecule has 2 heterocycles. The lowest BCUT2D eigenvalue weighted by atomic mass is 10.0. The summed E-state index contributed by atoms with van der Waals surface area (Å²) in [6.45, 7) is 8.13. The highest BCUT2D eigenvalue weighted by molar-refractivity contribution is 6.33. The summed E-state index contributed by atoms with van der Waals surface area (Å²) in [7, 11) is 0. The zero-order chi connectivity index (χ0) is 12.7. The Kier molecular flexibility index (Phi) is 2.96. The van der Waals surface area contributed by atoms with Gasteiger partial charge in [-0.05, 0) is 31.0 Å². The lowest BCUT2D eigenvalue weighted by molar-refractivity contribution is 0.578. The van der Waals surface area contributed by atoms with E-state index in [1.54, 1.807) is 6.26 Å². The Morgan fingerprint density at radius 1 is 1.22 bits per heavy atom. The molecular formula is C14H17ClN2O. The Bertz CT molecular complexity index is 585. The fourth-order valence-electron chi connectivity index (χ4n) is 2.73. The minimum Gasteiger partial charge on any atom is -0.462 e. The average Bonchev–Trinajstić information content (AvgIpc) is 2.87. The summed E-state index contributed by atoms with van der Waals surface area (Å²) in [5.74, 6) is 0. The van der Waals surface area contributed by atoms with E-state index >= 15 is 0 Å². The monoisotopic (exact) mass is 264 g/mol. The lowest BCUT2D eigenvalue weighted by Gasteiger charge is -2.31. The van der Waals surface area contributed by atoms with Crippen LogP contribution in [0.15, 0.2) is 16.7 Å². The Balaban J connectivity index is 2.23. The highest BCUT2D eigenvalue weighted by Gasteiger charge is 2.21. The maximum Gasteiger partial charge on any atom is 0.157 e. The van der Waals surface area contributed by atoms with Gasteiger partial charge in [-0.25, -0.2) is 0 Å². The highest BCUT2D eigenvalue weighted by Crippen LogP contribution is 2.39. The van der Waals surface area contributed by atoms with Crippen LogP contribution in [0.2, 0.25) is 5.02 Å². The first-order valence-electron chi connectivity index (χ1n) is 6.31. The maximum absolute atomic E-state index is 6.45. The Labute approximate surface area is 112 Å². The number of rotatable bonds is 1. The van der Waals surface area contributed by atoms with Crippen molar-refractivity contribution in [3.05, 3.63) is 28.5 Å². The molecule has 1 aromatic heterocycles. The van der Waals surface area contributed by atoms with E-state index in [1.807, 2.05) is 6.07 Å². The second kappa shape index (κ2) is 4.48. The number of fused-ring (bicyclic) bond motifs is 1. The number of aryl methyl sites for hydroxylation is 1. The summed E-state index contributed by atoms with van der Waals surface area (Å²) in [4.78, 5) is 2.36. The largest absolute Gasteiger partial charge is 0.462 e. The third-order valence-corrected chi connectivity index (χ3v) is 4.30. The van der Waals surface area contributed by atoms with Crippen LogP contribution in [-0.2, 0) is 0 Å². The van der Waals surface area contributed by atoms with Crippen molar-refractivity contribution in [1.29, 1.82) is 0 Å². The van der Waals surface area contributed by atoms with Crippen molar-refractivity contribution in [2.45, 2.75) is 13.8 Å². The Hall–Kier alpha value is -1.19. The molecule has 0 atom stereocenters. The molecule has 1 N–H and O–H groups in total. The quantitative estimate of drug-likeness (QED) is 0.858. The molecule has 3 nitrogen and oxygen atoms in total. The van der Waals surface area contributed by atoms with Crippen molar-refractivity contribution < 1.29 is 4.42 Å².